The van der Waals surface area contributed by atoms with Crippen LogP contribution in [0.1, 0.15) is 34.3 Å². The quantitative estimate of drug-likeness (QED) is 0.832. The van der Waals surface area contributed by atoms with Gasteiger partial charge in [-0.25, -0.2) is 0 Å². The number of piperidine rings is 1. The molecule has 0 radical (unpaired) electrons. The van der Waals surface area contributed by atoms with Crippen molar-refractivity contribution in [1.29, 1.82) is 0 Å². The first kappa shape index (κ1) is 17.1. The molecule has 6 nitrogen and oxygen atoms in total. The second-order valence-corrected chi connectivity index (χ2v) is 7.51. The van der Waals surface area contributed by atoms with Gasteiger partial charge in [-0.3, -0.25) is 9.59 Å². The number of methoxy groups -OCH3 is 2. The van der Waals surface area contributed by atoms with Crippen LogP contribution in [0.25, 0.3) is 0 Å². The summed E-state index contributed by atoms with van der Waals surface area (Å²) in [6.45, 7) is 0.830. The number of nitrogens with zero attached hydrogens (tertiary/aromatic N) is 1. The Balaban J connectivity index is 2.03. The summed E-state index contributed by atoms with van der Waals surface area (Å²) in [5.74, 6) is 0.717. The molecule has 26 heavy (non-hydrogen) atoms. The van der Waals surface area contributed by atoms with Gasteiger partial charge < -0.3 is 19.5 Å². The lowest BCUT2D eigenvalue weighted by molar-refractivity contribution is -0.122. The number of likely N-dealkylation sites (N-methyl/N-ethyl adjacent to an activating group) is 1. The lowest BCUT2D eigenvalue weighted by Gasteiger charge is -2.56. The van der Waals surface area contributed by atoms with Gasteiger partial charge in [-0.2, -0.15) is 0 Å². The number of aldehydes is 1. The first-order valence-electron chi connectivity index (χ1n) is 8.84. The summed E-state index contributed by atoms with van der Waals surface area (Å²) in [7, 11) is 5.06. The number of hydrogen-bond acceptors (Lipinski definition) is 6. The van der Waals surface area contributed by atoms with E-state index in [1.807, 2.05) is 6.08 Å². The van der Waals surface area contributed by atoms with E-state index in [1.165, 1.54) is 14.2 Å². The summed E-state index contributed by atoms with van der Waals surface area (Å²) >= 11 is 0. The molecule has 1 aromatic carbocycles. The van der Waals surface area contributed by atoms with Crippen molar-refractivity contribution in [2.45, 2.75) is 30.7 Å². The number of carbonyl (C=O) groups excluding carboxylic acids is 2. The molecule has 1 heterocycles. The molecular formula is C20H23NO5. The number of benzene rings is 1. The van der Waals surface area contributed by atoms with E-state index in [0.29, 0.717) is 23.3 Å². The van der Waals surface area contributed by atoms with E-state index < -0.39 is 5.41 Å². The van der Waals surface area contributed by atoms with Crippen molar-refractivity contribution in [3.8, 4) is 11.5 Å². The van der Waals surface area contributed by atoms with Gasteiger partial charge in [0.1, 0.15) is 6.29 Å². The zero-order valence-corrected chi connectivity index (χ0v) is 15.2. The van der Waals surface area contributed by atoms with E-state index in [1.54, 1.807) is 6.07 Å². The molecule has 1 aromatic rings. The molecule has 1 aliphatic heterocycles. The second kappa shape index (κ2) is 5.84. The van der Waals surface area contributed by atoms with Crippen LogP contribution in [0.4, 0.5) is 0 Å². The highest BCUT2D eigenvalue weighted by Crippen LogP contribution is 2.58. The maximum absolute atomic E-state index is 12.7. The van der Waals surface area contributed by atoms with Crippen LogP contribution in [-0.4, -0.2) is 55.9 Å². The monoisotopic (exact) mass is 357 g/mol. The van der Waals surface area contributed by atoms with Crippen LogP contribution < -0.4 is 4.74 Å². The standard InChI is InChI=1S/C20H23NO5/c1-21-5-4-20-9-15(23)16(25-2)8-13(20)14(21)7-12-11(10-22)6-17(26-3)19(24)18(12)20/h6,8,10,13-14,24H,4-5,7,9H2,1-3H3/t13-,14+,20-/m1/s1. The van der Waals surface area contributed by atoms with Crippen molar-refractivity contribution in [3.05, 3.63) is 34.6 Å². The molecule has 138 valence electrons. The third-order valence-electron chi connectivity index (χ3n) is 6.50. The minimum atomic E-state index is -0.528. The number of ether oxygens (including phenoxy) is 2. The Kier molecular flexibility index (Phi) is 3.84. The van der Waals surface area contributed by atoms with Gasteiger partial charge in [-0.15, -0.1) is 0 Å². The number of hydrogen-bond donors (Lipinski definition) is 1. The highest BCUT2D eigenvalue weighted by atomic mass is 16.5. The number of aromatic hydroxyl groups is 1. The van der Waals surface area contributed by atoms with Crippen LogP contribution in [0.3, 0.4) is 0 Å². The summed E-state index contributed by atoms with van der Waals surface area (Å²) in [6.07, 6.45) is 4.39. The Hall–Kier alpha value is -2.34. The number of fused-ring (bicyclic) bond motifs is 1. The number of carbonyl (C=O) groups is 2. The average Bonchev–Trinajstić information content (AvgIpc) is 2.64. The summed E-state index contributed by atoms with van der Waals surface area (Å²) in [5, 5.41) is 11.0. The summed E-state index contributed by atoms with van der Waals surface area (Å²) < 4.78 is 10.6. The number of phenols is 1. The normalized spacial score (nSPS) is 30.1. The van der Waals surface area contributed by atoms with E-state index in [2.05, 4.69) is 11.9 Å². The molecule has 0 unspecified atom stereocenters. The van der Waals surface area contributed by atoms with Crippen LogP contribution >= 0.6 is 0 Å². The van der Waals surface area contributed by atoms with Gasteiger partial charge in [0.2, 0.25) is 0 Å². The molecule has 1 saturated heterocycles. The third kappa shape index (κ3) is 2.08. The topological polar surface area (TPSA) is 76.1 Å². The molecule has 0 aromatic heterocycles. The molecule has 6 heteroatoms. The molecule has 1 N–H and O–H groups in total. The van der Waals surface area contributed by atoms with Crippen LogP contribution in [0.15, 0.2) is 17.9 Å². The van der Waals surface area contributed by atoms with Crippen LogP contribution in [0.2, 0.25) is 0 Å². The lowest BCUT2D eigenvalue weighted by atomic mass is 9.53. The van der Waals surface area contributed by atoms with Crippen LogP contribution in [0, 0.1) is 5.92 Å². The number of allylic oxidation sites excluding steroid dienone is 1. The van der Waals surface area contributed by atoms with Crippen molar-refractivity contribution >= 4 is 12.1 Å². The number of likely N-dealkylation sites (tertiary alicyclic amines) is 1. The third-order valence-corrected chi connectivity index (χ3v) is 6.50. The Labute approximate surface area is 152 Å². The fourth-order valence-electron chi connectivity index (χ4n) is 5.24. The largest absolute Gasteiger partial charge is 0.504 e. The maximum Gasteiger partial charge on any atom is 0.197 e. The van der Waals surface area contributed by atoms with Crippen molar-refractivity contribution in [2.24, 2.45) is 5.92 Å². The Morgan fingerprint density at radius 1 is 1.35 bits per heavy atom. The molecule has 3 aliphatic rings. The summed E-state index contributed by atoms with van der Waals surface area (Å²) in [4.78, 5) is 26.7. The predicted molar refractivity (Wildman–Crippen MR) is 94.7 cm³/mol. The smallest absolute Gasteiger partial charge is 0.197 e. The maximum atomic E-state index is 12.7. The summed E-state index contributed by atoms with van der Waals surface area (Å²) in [6, 6.07) is 1.75. The molecule has 0 amide bonds. The fraction of sp³-hybridized carbons (Fsp3) is 0.500. The van der Waals surface area contributed by atoms with Gasteiger partial charge in [-0.1, -0.05) is 0 Å². The minimum absolute atomic E-state index is 0.0407. The molecule has 0 spiro atoms. The highest BCUT2D eigenvalue weighted by Gasteiger charge is 2.57. The first-order chi connectivity index (χ1) is 12.5. The number of rotatable bonds is 3. The van der Waals surface area contributed by atoms with Crippen molar-refractivity contribution in [1.82, 2.24) is 4.90 Å². The van der Waals surface area contributed by atoms with Gasteiger partial charge in [0.15, 0.2) is 23.0 Å². The zero-order valence-electron chi connectivity index (χ0n) is 15.2. The van der Waals surface area contributed by atoms with E-state index in [4.69, 9.17) is 9.47 Å². The van der Waals surface area contributed by atoms with E-state index in [9.17, 15) is 14.7 Å². The van der Waals surface area contributed by atoms with Gasteiger partial charge in [0, 0.05) is 34.9 Å². The van der Waals surface area contributed by atoms with Gasteiger partial charge in [0.25, 0.3) is 0 Å². The van der Waals surface area contributed by atoms with Crippen molar-refractivity contribution < 1.29 is 24.2 Å². The predicted octanol–water partition coefficient (Wildman–Crippen LogP) is 1.83. The van der Waals surface area contributed by atoms with Crippen LogP contribution in [0.5, 0.6) is 11.5 Å². The molecule has 2 bridgehead atoms. The van der Waals surface area contributed by atoms with Crippen molar-refractivity contribution in [3.63, 3.8) is 0 Å². The minimum Gasteiger partial charge on any atom is -0.504 e. The van der Waals surface area contributed by atoms with Gasteiger partial charge in [0.05, 0.1) is 14.2 Å². The van der Waals surface area contributed by atoms with Crippen molar-refractivity contribution in [2.75, 3.05) is 27.8 Å². The summed E-state index contributed by atoms with van der Waals surface area (Å²) in [5.41, 5.74) is 1.56. The molecule has 0 saturated carbocycles. The SMILES string of the molecule is COC1=C[C@@H]2[C@@H]3Cc4c(C=O)cc(OC)c(O)c4[C@]2(CCN3C)CC1=O. The molecule has 1 fully saturated rings. The fourth-order valence-corrected chi connectivity index (χ4v) is 5.24. The Bertz CT molecular complexity index is 830. The lowest BCUT2D eigenvalue weighted by Crippen LogP contribution is -2.60. The van der Waals surface area contributed by atoms with Crippen LogP contribution in [-0.2, 0) is 21.4 Å². The Morgan fingerprint density at radius 3 is 2.77 bits per heavy atom. The van der Waals surface area contributed by atoms with E-state index >= 15 is 0 Å². The molecular weight excluding hydrogens is 334 g/mol. The van der Waals surface area contributed by atoms with Gasteiger partial charge >= 0.3 is 0 Å². The van der Waals surface area contributed by atoms with E-state index in [-0.39, 0.29) is 35.7 Å². The Morgan fingerprint density at radius 2 is 2.12 bits per heavy atom. The highest BCUT2D eigenvalue weighted by molar-refractivity contribution is 5.96. The first-order valence-corrected chi connectivity index (χ1v) is 8.84. The van der Waals surface area contributed by atoms with E-state index in [0.717, 1.165) is 24.8 Å². The molecule has 2 aliphatic carbocycles. The zero-order chi connectivity index (χ0) is 18.6. The van der Waals surface area contributed by atoms with Gasteiger partial charge in [-0.05, 0) is 44.1 Å². The second-order valence-electron chi connectivity index (χ2n) is 7.51. The number of phenolic OH excluding ortho intramolecular Hbond substituents is 1. The molecule has 4 rings (SSSR count). The number of Topliss-reactive ketones (excluding diaryl/α,β-unsaturated/α-hetero) is 1. The average molecular weight is 357 g/mol. The molecule has 3 atom stereocenters. The number of ketones is 1.